The van der Waals surface area contributed by atoms with E-state index in [0.717, 1.165) is 12.0 Å². The van der Waals surface area contributed by atoms with Crippen molar-refractivity contribution in [2.45, 2.75) is 19.4 Å². The lowest BCUT2D eigenvalue weighted by Crippen LogP contribution is -2.09. The second kappa shape index (κ2) is 5.43. The third kappa shape index (κ3) is 3.14. The Morgan fingerprint density at radius 3 is 2.62 bits per heavy atom. The molecule has 0 saturated heterocycles. The van der Waals surface area contributed by atoms with Crippen molar-refractivity contribution in [2.24, 2.45) is 5.73 Å². The maximum absolute atomic E-state index is 12.6. The number of rotatable bonds is 2. The van der Waals surface area contributed by atoms with Gasteiger partial charge in [0.25, 0.3) is 0 Å². The zero-order valence-corrected chi connectivity index (χ0v) is 8.83. The Hall–Kier alpha value is -0.310. The molecule has 0 aliphatic heterocycles. The second-order valence-corrected chi connectivity index (χ2v) is 3.09. The van der Waals surface area contributed by atoms with E-state index in [2.05, 4.69) is 0 Å². The van der Waals surface area contributed by atoms with Gasteiger partial charge in [-0.15, -0.1) is 12.4 Å². The van der Waals surface area contributed by atoms with E-state index in [1.807, 2.05) is 6.92 Å². The van der Waals surface area contributed by atoms with Crippen LogP contribution in [0.4, 0.5) is 4.39 Å². The van der Waals surface area contributed by atoms with E-state index < -0.39 is 0 Å². The largest absolute Gasteiger partial charge is 0.324 e. The van der Waals surface area contributed by atoms with E-state index in [9.17, 15) is 4.39 Å². The average Bonchev–Trinajstić information content (AvgIpc) is 2.03. The Labute approximate surface area is 88.5 Å². The fourth-order valence-corrected chi connectivity index (χ4v) is 1.33. The fourth-order valence-electron chi connectivity index (χ4n) is 1.02. The van der Waals surface area contributed by atoms with Gasteiger partial charge in [-0.1, -0.05) is 24.6 Å². The normalized spacial score (nSPS) is 12.0. The van der Waals surface area contributed by atoms with Crippen molar-refractivity contribution in [3.05, 3.63) is 34.6 Å². The van der Waals surface area contributed by atoms with Gasteiger partial charge in [-0.2, -0.15) is 0 Å². The lowest BCUT2D eigenvalue weighted by Gasteiger charge is -2.10. The van der Waals surface area contributed by atoms with Crippen LogP contribution in [0.25, 0.3) is 0 Å². The molecule has 0 heterocycles. The summed E-state index contributed by atoms with van der Waals surface area (Å²) in [6, 6.07) is 4.19. The first-order valence-electron chi connectivity index (χ1n) is 3.85. The third-order valence-corrected chi connectivity index (χ3v) is 2.13. The molecular weight excluding hydrogens is 212 g/mol. The summed E-state index contributed by atoms with van der Waals surface area (Å²) in [6.07, 6.45) is 0.797. The molecule has 0 unspecified atom stereocenters. The quantitative estimate of drug-likeness (QED) is 0.819. The molecular formula is C9H12Cl2FN. The van der Waals surface area contributed by atoms with Crippen LogP contribution in [0.15, 0.2) is 18.2 Å². The Morgan fingerprint density at radius 1 is 1.54 bits per heavy atom. The Balaban J connectivity index is 0.00000144. The first kappa shape index (κ1) is 12.7. The number of hydrogen-bond donors (Lipinski definition) is 1. The van der Waals surface area contributed by atoms with E-state index in [1.54, 1.807) is 6.07 Å². The smallest absolute Gasteiger partial charge is 0.124 e. The highest BCUT2D eigenvalue weighted by Gasteiger charge is 2.07. The predicted molar refractivity (Wildman–Crippen MR) is 55.9 cm³/mol. The van der Waals surface area contributed by atoms with Crippen LogP contribution in [0.3, 0.4) is 0 Å². The topological polar surface area (TPSA) is 26.0 Å². The summed E-state index contributed by atoms with van der Waals surface area (Å²) in [4.78, 5) is 0. The lowest BCUT2D eigenvalue weighted by molar-refractivity contribution is 0.623. The van der Waals surface area contributed by atoms with E-state index in [1.165, 1.54) is 12.1 Å². The van der Waals surface area contributed by atoms with Crippen LogP contribution >= 0.6 is 24.0 Å². The average molecular weight is 224 g/mol. The van der Waals surface area contributed by atoms with Crippen molar-refractivity contribution in [1.29, 1.82) is 0 Å². The summed E-state index contributed by atoms with van der Waals surface area (Å²) in [5.74, 6) is -0.327. The molecule has 1 nitrogen and oxygen atoms in total. The van der Waals surface area contributed by atoms with E-state index in [4.69, 9.17) is 17.3 Å². The van der Waals surface area contributed by atoms with Gasteiger partial charge >= 0.3 is 0 Å². The molecule has 0 fully saturated rings. The van der Waals surface area contributed by atoms with Gasteiger partial charge in [-0.3, -0.25) is 0 Å². The van der Waals surface area contributed by atoms with E-state index in [0.29, 0.717) is 5.02 Å². The summed E-state index contributed by atoms with van der Waals surface area (Å²) >= 11 is 5.78. The monoisotopic (exact) mass is 223 g/mol. The van der Waals surface area contributed by atoms with Crippen LogP contribution in [0.2, 0.25) is 5.02 Å². The van der Waals surface area contributed by atoms with Gasteiger partial charge in [0.15, 0.2) is 0 Å². The molecule has 4 heteroatoms. The molecule has 0 spiro atoms. The van der Waals surface area contributed by atoms with Crippen LogP contribution in [-0.4, -0.2) is 0 Å². The molecule has 0 aromatic heterocycles. The van der Waals surface area contributed by atoms with Crippen LogP contribution < -0.4 is 5.73 Å². The summed E-state index contributed by atoms with van der Waals surface area (Å²) in [7, 11) is 0. The first-order valence-corrected chi connectivity index (χ1v) is 4.23. The Bertz CT molecular complexity index is 278. The summed E-state index contributed by atoms with van der Waals surface area (Å²) in [6.45, 7) is 1.96. The number of nitrogens with two attached hydrogens (primary N) is 1. The highest BCUT2D eigenvalue weighted by atomic mass is 35.5. The standard InChI is InChI=1S/C9H11ClFN.ClH/c1-2-9(12)7-4-3-6(11)5-8(7)10;/h3-5,9H,2,12H2,1H3;1H/t9-;/m1./s1. The van der Waals surface area contributed by atoms with Crippen LogP contribution in [-0.2, 0) is 0 Å². The summed E-state index contributed by atoms with van der Waals surface area (Å²) in [5, 5.41) is 0.407. The molecule has 74 valence electrons. The van der Waals surface area contributed by atoms with Gasteiger partial charge in [0, 0.05) is 11.1 Å². The first-order chi connectivity index (χ1) is 5.65. The second-order valence-electron chi connectivity index (χ2n) is 2.68. The van der Waals surface area contributed by atoms with Crippen LogP contribution in [0.1, 0.15) is 24.9 Å². The van der Waals surface area contributed by atoms with Gasteiger partial charge in [-0.25, -0.2) is 4.39 Å². The molecule has 1 rings (SSSR count). The van der Waals surface area contributed by atoms with Crippen LogP contribution in [0.5, 0.6) is 0 Å². The highest BCUT2D eigenvalue weighted by molar-refractivity contribution is 6.31. The number of benzene rings is 1. The molecule has 1 aromatic rings. The van der Waals surface area contributed by atoms with Gasteiger partial charge in [-0.05, 0) is 24.1 Å². The zero-order valence-electron chi connectivity index (χ0n) is 7.26. The SMILES string of the molecule is CC[C@@H](N)c1ccc(F)cc1Cl.Cl. The molecule has 0 saturated carbocycles. The van der Waals surface area contributed by atoms with Crippen molar-refractivity contribution in [3.63, 3.8) is 0 Å². The maximum Gasteiger partial charge on any atom is 0.124 e. The Kier molecular flexibility index (Phi) is 5.30. The molecule has 0 aliphatic rings. The van der Waals surface area contributed by atoms with Crippen molar-refractivity contribution < 1.29 is 4.39 Å². The fraction of sp³-hybridized carbons (Fsp3) is 0.333. The predicted octanol–water partition coefficient (Wildman–Crippen LogP) is 3.31. The summed E-state index contributed by atoms with van der Waals surface area (Å²) < 4.78 is 12.6. The molecule has 13 heavy (non-hydrogen) atoms. The number of hydrogen-bond acceptors (Lipinski definition) is 1. The maximum atomic E-state index is 12.6. The van der Waals surface area contributed by atoms with Crippen molar-refractivity contribution in [1.82, 2.24) is 0 Å². The zero-order chi connectivity index (χ0) is 9.14. The highest BCUT2D eigenvalue weighted by Crippen LogP contribution is 2.23. The number of halogens is 3. The van der Waals surface area contributed by atoms with Crippen molar-refractivity contribution in [2.75, 3.05) is 0 Å². The molecule has 0 radical (unpaired) electrons. The van der Waals surface area contributed by atoms with E-state index >= 15 is 0 Å². The molecule has 0 bridgehead atoms. The summed E-state index contributed by atoms with van der Waals surface area (Å²) in [5.41, 5.74) is 6.54. The minimum Gasteiger partial charge on any atom is -0.324 e. The molecule has 1 aromatic carbocycles. The Morgan fingerprint density at radius 2 is 2.15 bits per heavy atom. The molecule has 0 amide bonds. The van der Waals surface area contributed by atoms with Gasteiger partial charge < -0.3 is 5.73 Å². The molecule has 1 atom stereocenters. The van der Waals surface area contributed by atoms with Crippen LogP contribution in [0, 0.1) is 5.82 Å². The van der Waals surface area contributed by atoms with Gasteiger partial charge in [0.1, 0.15) is 5.82 Å². The minimum absolute atomic E-state index is 0. The van der Waals surface area contributed by atoms with E-state index in [-0.39, 0.29) is 24.3 Å². The van der Waals surface area contributed by atoms with Gasteiger partial charge in [0.05, 0.1) is 0 Å². The lowest BCUT2D eigenvalue weighted by atomic mass is 10.1. The minimum atomic E-state index is -0.327. The molecule has 2 N–H and O–H groups in total. The third-order valence-electron chi connectivity index (χ3n) is 1.80. The molecule has 0 aliphatic carbocycles. The van der Waals surface area contributed by atoms with Crippen molar-refractivity contribution >= 4 is 24.0 Å². The van der Waals surface area contributed by atoms with Gasteiger partial charge in [0.2, 0.25) is 0 Å². The van der Waals surface area contributed by atoms with Crippen molar-refractivity contribution in [3.8, 4) is 0 Å².